The first-order valence-corrected chi connectivity index (χ1v) is 11.6. The van der Waals surface area contributed by atoms with E-state index in [1.165, 1.54) is 16.7 Å². The molecule has 4 rings (SSSR count). The summed E-state index contributed by atoms with van der Waals surface area (Å²) in [4.78, 5) is 27.2. The minimum atomic E-state index is -0.225. The molecule has 1 N–H and O–H groups in total. The van der Waals surface area contributed by atoms with Crippen molar-refractivity contribution in [2.75, 3.05) is 16.8 Å². The number of thiocarbonyl (C=S) groups is 1. The van der Waals surface area contributed by atoms with Crippen LogP contribution in [-0.4, -0.2) is 22.7 Å². The van der Waals surface area contributed by atoms with Crippen LogP contribution in [0, 0.1) is 13.8 Å². The lowest BCUT2D eigenvalue weighted by molar-refractivity contribution is -0.118. The first-order valence-electron chi connectivity index (χ1n) is 10.3. The number of hydrogen-bond donors (Lipinski definition) is 1. The zero-order valence-corrected chi connectivity index (χ0v) is 19.8. The van der Waals surface area contributed by atoms with E-state index in [2.05, 4.69) is 5.32 Å². The van der Waals surface area contributed by atoms with Crippen LogP contribution in [0.5, 0.6) is 5.75 Å². The molecule has 1 saturated heterocycles. The van der Waals surface area contributed by atoms with E-state index in [1.807, 2.05) is 74.5 Å². The topological polar surface area (TPSA) is 58.6 Å². The summed E-state index contributed by atoms with van der Waals surface area (Å²) in [7, 11) is 0. The van der Waals surface area contributed by atoms with Crippen LogP contribution in [0.1, 0.15) is 16.7 Å². The van der Waals surface area contributed by atoms with Gasteiger partial charge < -0.3 is 10.1 Å². The van der Waals surface area contributed by atoms with E-state index in [0.29, 0.717) is 15.0 Å². The van der Waals surface area contributed by atoms with Gasteiger partial charge in [0.15, 0.2) is 10.9 Å². The summed E-state index contributed by atoms with van der Waals surface area (Å²) in [5, 5.41) is 2.88. The molecule has 0 unspecified atom stereocenters. The van der Waals surface area contributed by atoms with Crippen molar-refractivity contribution >= 4 is 57.6 Å². The number of thioether (sulfide) groups is 1. The van der Waals surface area contributed by atoms with Crippen LogP contribution >= 0.6 is 24.0 Å². The summed E-state index contributed by atoms with van der Waals surface area (Å²) in [6.45, 7) is 3.83. The largest absolute Gasteiger partial charge is 0.484 e. The predicted octanol–water partition coefficient (Wildman–Crippen LogP) is 5.73. The molecular formula is C26H22N2O3S2. The molecule has 2 amide bonds. The van der Waals surface area contributed by atoms with Gasteiger partial charge in [-0.15, -0.1) is 0 Å². The van der Waals surface area contributed by atoms with E-state index in [0.717, 1.165) is 28.1 Å². The molecule has 3 aromatic rings. The van der Waals surface area contributed by atoms with E-state index in [-0.39, 0.29) is 18.4 Å². The van der Waals surface area contributed by atoms with Crippen LogP contribution < -0.4 is 15.0 Å². The number of hydrogen-bond acceptors (Lipinski definition) is 5. The van der Waals surface area contributed by atoms with Crippen molar-refractivity contribution in [3.05, 3.63) is 94.4 Å². The Bertz CT molecular complexity index is 1240. The summed E-state index contributed by atoms with van der Waals surface area (Å²) in [6.07, 6.45) is 1.80. The average molecular weight is 475 g/mol. The number of carbonyl (C=O) groups is 2. The lowest BCUT2D eigenvalue weighted by Gasteiger charge is -2.13. The molecule has 0 bridgehead atoms. The van der Waals surface area contributed by atoms with Gasteiger partial charge in [0.25, 0.3) is 11.8 Å². The standard InChI is InChI=1S/C26H22N2O3S2/c1-17-8-9-18(2)22(14-17)27-24(29)16-31-21-12-10-19(11-13-21)15-23-25(30)28(26(32)33-23)20-6-4-3-5-7-20/h3-15H,16H2,1-2H3,(H,27,29)/b23-15-. The number of nitrogens with zero attached hydrogens (tertiary/aromatic N) is 1. The number of aryl methyl sites for hydroxylation is 2. The van der Waals surface area contributed by atoms with E-state index < -0.39 is 0 Å². The highest BCUT2D eigenvalue weighted by atomic mass is 32.2. The third-order valence-corrected chi connectivity index (χ3v) is 6.33. The predicted molar refractivity (Wildman–Crippen MR) is 139 cm³/mol. The second kappa shape index (κ2) is 10.0. The first kappa shape index (κ1) is 22.8. The van der Waals surface area contributed by atoms with Gasteiger partial charge in [0, 0.05) is 5.69 Å². The van der Waals surface area contributed by atoms with Gasteiger partial charge in [-0.05, 0) is 66.9 Å². The van der Waals surface area contributed by atoms with Crippen molar-refractivity contribution in [3.8, 4) is 5.75 Å². The van der Waals surface area contributed by atoms with Crippen molar-refractivity contribution in [3.63, 3.8) is 0 Å². The third-order valence-electron chi connectivity index (χ3n) is 5.02. The summed E-state index contributed by atoms with van der Waals surface area (Å²) in [5.41, 5.74) is 4.46. The summed E-state index contributed by atoms with van der Waals surface area (Å²) in [5.74, 6) is 0.206. The zero-order chi connectivity index (χ0) is 23.4. The van der Waals surface area contributed by atoms with E-state index in [9.17, 15) is 9.59 Å². The molecule has 0 atom stereocenters. The van der Waals surface area contributed by atoms with Crippen LogP contribution in [-0.2, 0) is 9.59 Å². The number of para-hydroxylation sites is 1. The number of ether oxygens (including phenoxy) is 1. The Morgan fingerprint density at radius 2 is 1.79 bits per heavy atom. The van der Waals surface area contributed by atoms with Gasteiger partial charge in [-0.25, -0.2) is 0 Å². The van der Waals surface area contributed by atoms with Crippen LogP contribution in [0.3, 0.4) is 0 Å². The maximum absolute atomic E-state index is 12.8. The molecule has 0 aliphatic carbocycles. The zero-order valence-electron chi connectivity index (χ0n) is 18.2. The average Bonchev–Trinajstić information content (AvgIpc) is 3.09. The Morgan fingerprint density at radius 1 is 1.06 bits per heavy atom. The molecule has 7 heteroatoms. The third kappa shape index (κ3) is 5.50. The highest BCUT2D eigenvalue weighted by molar-refractivity contribution is 8.27. The minimum absolute atomic E-state index is 0.0948. The molecule has 1 aliphatic rings. The van der Waals surface area contributed by atoms with Gasteiger partial charge >= 0.3 is 0 Å². The Morgan fingerprint density at radius 3 is 2.52 bits per heavy atom. The number of rotatable bonds is 6. The normalized spacial score (nSPS) is 14.6. The fourth-order valence-electron chi connectivity index (χ4n) is 3.28. The Kier molecular flexibility index (Phi) is 6.91. The highest BCUT2D eigenvalue weighted by Crippen LogP contribution is 2.36. The van der Waals surface area contributed by atoms with E-state index >= 15 is 0 Å². The fourth-order valence-corrected chi connectivity index (χ4v) is 4.58. The molecule has 1 fully saturated rings. The molecule has 1 aliphatic heterocycles. The second-order valence-corrected chi connectivity index (χ2v) is 9.25. The van der Waals surface area contributed by atoms with Crippen LogP contribution in [0.15, 0.2) is 77.7 Å². The quantitative estimate of drug-likeness (QED) is 0.365. The maximum Gasteiger partial charge on any atom is 0.270 e. The van der Waals surface area contributed by atoms with E-state index in [4.69, 9.17) is 17.0 Å². The number of amides is 2. The molecule has 0 radical (unpaired) electrons. The van der Waals surface area contributed by atoms with Gasteiger partial charge in [-0.1, -0.05) is 66.4 Å². The summed E-state index contributed by atoms with van der Waals surface area (Å²) in [6, 6.07) is 22.5. The van der Waals surface area contributed by atoms with Crippen molar-refractivity contribution in [1.82, 2.24) is 0 Å². The SMILES string of the molecule is Cc1ccc(C)c(NC(=O)COc2ccc(/C=C3\SC(=S)N(c4ccccc4)C3=O)cc2)c1. The number of carbonyl (C=O) groups excluding carboxylic acids is 2. The monoisotopic (exact) mass is 474 g/mol. The van der Waals surface area contributed by atoms with Crippen molar-refractivity contribution in [2.45, 2.75) is 13.8 Å². The maximum atomic E-state index is 12.8. The van der Waals surface area contributed by atoms with Crippen molar-refractivity contribution < 1.29 is 14.3 Å². The Hall–Kier alpha value is -3.42. The highest BCUT2D eigenvalue weighted by Gasteiger charge is 2.33. The molecule has 1 heterocycles. The van der Waals surface area contributed by atoms with Gasteiger partial charge in [0.05, 0.1) is 10.6 Å². The van der Waals surface area contributed by atoms with Crippen LogP contribution in [0.2, 0.25) is 0 Å². The minimum Gasteiger partial charge on any atom is -0.484 e. The van der Waals surface area contributed by atoms with Gasteiger partial charge in [0.1, 0.15) is 5.75 Å². The summed E-state index contributed by atoms with van der Waals surface area (Å²) >= 11 is 6.68. The number of anilines is 2. The fraction of sp³-hybridized carbons (Fsp3) is 0.115. The second-order valence-electron chi connectivity index (χ2n) is 7.58. The van der Waals surface area contributed by atoms with Gasteiger partial charge in [-0.2, -0.15) is 0 Å². The molecule has 33 heavy (non-hydrogen) atoms. The van der Waals surface area contributed by atoms with Gasteiger partial charge in [0.2, 0.25) is 0 Å². The molecule has 0 spiro atoms. The molecule has 3 aromatic carbocycles. The van der Waals surface area contributed by atoms with Crippen molar-refractivity contribution in [2.24, 2.45) is 0 Å². The summed E-state index contributed by atoms with van der Waals surface area (Å²) < 4.78 is 6.12. The number of nitrogens with one attached hydrogen (secondary N) is 1. The van der Waals surface area contributed by atoms with Gasteiger partial charge in [-0.3, -0.25) is 14.5 Å². The van der Waals surface area contributed by atoms with Crippen molar-refractivity contribution in [1.29, 1.82) is 0 Å². The Balaban J connectivity index is 1.37. The molecular weight excluding hydrogens is 452 g/mol. The molecule has 0 aromatic heterocycles. The molecule has 5 nitrogen and oxygen atoms in total. The number of benzene rings is 3. The van der Waals surface area contributed by atoms with Crippen LogP contribution in [0.4, 0.5) is 11.4 Å². The first-order chi connectivity index (χ1) is 15.9. The smallest absolute Gasteiger partial charge is 0.270 e. The van der Waals surface area contributed by atoms with Crippen LogP contribution in [0.25, 0.3) is 6.08 Å². The lowest BCUT2D eigenvalue weighted by Crippen LogP contribution is -2.27. The lowest BCUT2D eigenvalue weighted by atomic mass is 10.1. The Labute approximate surface area is 202 Å². The molecule has 0 saturated carbocycles. The van der Waals surface area contributed by atoms with E-state index in [1.54, 1.807) is 18.2 Å². The molecule has 166 valence electrons.